The molecule has 0 aromatic heterocycles. The van der Waals surface area contributed by atoms with Gasteiger partial charge in [0, 0.05) is 12.3 Å². The van der Waals surface area contributed by atoms with Gasteiger partial charge in [-0.2, -0.15) is 0 Å². The van der Waals surface area contributed by atoms with Gasteiger partial charge in [0.1, 0.15) is 35.6 Å². The van der Waals surface area contributed by atoms with Crippen LogP contribution in [0.15, 0.2) is 0 Å². The summed E-state index contributed by atoms with van der Waals surface area (Å²) in [6.45, 7) is 9.34. The largest absolute Gasteiger partial charge is 0.462 e. The van der Waals surface area contributed by atoms with Crippen LogP contribution in [-0.2, 0) is 28.5 Å². The predicted molar refractivity (Wildman–Crippen MR) is 91.5 cm³/mol. The van der Waals surface area contributed by atoms with Gasteiger partial charge in [-0.05, 0) is 20.3 Å². The summed E-state index contributed by atoms with van der Waals surface area (Å²) in [6.07, 6.45) is -0.443. The topological polar surface area (TPSA) is 97.9 Å². The Balaban J connectivity index is 1.55. The minimum Gasteiger partial charge on any atom is -0.462 e. The predicted octanol–water partition coefficient (Wildman–Crippen LogP) is 1.20. The second-order valence-electron chi connectivity index (χ2n) is 9.56. The van der Waals surface area contributed by atoms with E-state index in [1.165, 1.54) is 0 Å². The van der Waals surface area contributed by atoms with Crippen LogP contribution in [0.2, 0.25) is 0 Å². The fourth-order valence-corrected chi connectivity index (χ4v) is 6.15. The highest BCUT2D eigenvalue weighted by atomic mass is 16.7. The molecule has 3 aliphatic heterocycles. The van der Waals surface area contributed by atoms with Crippen LogP contribution in [0.25, 0.3) is 0 Å². The highest BCUT2D eigenvalue weighted by molar-refractivity contribution is 5.76. The molecule has 5 aliphatic rings. The van der Waals surface area contributed by atoms with Gasteiger partial charge in [0.2, 0.25) is 0 Å². The first-order chi connectivity index (χ1) is 12.6. The summed E-state index contributed by atoms with van der Waals surface area (Å²) in [5.74, 6) is -1.80. The first-order valence-electron chi connectivity index (χ1n) is 10.1. The molecule has 5 fully saturated rings. The number of carbonyl (C=O) groups is 2. The Morgan fingerprint density at radius 2 is 2.04 bits per heavy atom. The first kappa shape index (κ1) is 17.9. The molecular weight excluding hydrogens is 352 g/mol. The maximum Gasteiger partial charge on any atom is 0.309 e. The summed E-state index contributed by atoms with van der Waals surface area (Å²) in [6, 6.07) is 0. The molecule has 150 valence electrons. The lowest BCUT2D eigenvalue weighted by atomic mass is 9.73. The number of fused-ring (bicyclic) bond motifs is 5. The van der Waals surface area contributed by atoms with Crippen molar-refractivity contribution in [3.05, 3.63) is 0 Å². The number of rotatable bonds is 3. The maximum atomic E-state index is 12.5. The fourth-order valence-electron chi connectivity index (χ4n) is 6.15. The van der Waals surface area contributed by atoms with Crippen molar-refractivity contribution >= 4 is 11.9 Å². The van der Waals surface area contributed by atoms with E-state index in [4.69, 9.17) is 18.9 Å². The zero-order chi connectivity index (χ0) is 19.5. The minimum absolute atomic E-state index is 0.0663. The summed E-state index contributed by atoms with van der Waals surface area (Å²) in [7, 11) is 0. The third-order valence-corrected chi connectivity index (χ3v) is 7.99. The molecule has 7 nitrogen and oxygen atoms in total. The molecule has 27 heavy (non-hydrogen) atoms. The number of carbonyl (C=O) groups excluding carboxylic acids is 2. The highest BCUT2D eigenvalue weighted by Gasteiger charge is 2.93. The maximum absolute atomic E-state index is 12.5. The lowest BCUT2D eigenvalue weighted by Crippen LogP contribution is -2.53. The highest BCUT2D eigenvalue weighted by Crippen LogP contribution is 2.75. The molecule has 5 rings (SSSR count). The van der Waals surface area contributed by atoms with Crippen LogP contribution in [0, 0.1) is 23.7 Å². The molecule has 0 amide bonds. The van der Waals surface area contributed by atoms with Crippen molar-refractivity contribution in [2.75, 3.05) is 0 Å². The number of hydrogen-bond acceptors (Lipinski definition) is 7. The summed E-state index contributed by atoms with van der Waals surface area (Å²) < 4.78 is 23.7. The van der Waals surface area contributed by atoms with Gasteiger partial charge in [0.15, 0.2) is 0 Å². The molecular formula is C20H28O7. The minimum atomic E-state index is -1.20. The Bertz CT molecular complexity index is 719. The molecule has 0 bridgehead atoms. The van der Waals surface area contributed by atoms with Gasteiger partial charge < -0.3 is 24.1 Å². The van der Waals surface area contributed by atoms with E-state index in [1.54, 1.807) is 6.92 Å². The molecule has 0 aromatic carbocycles. The Kier molecular flexibility index (Phi) is 3.34. The van der Waals surface area contributed by atoms with E-state index in [-0.39, 0.29) is 48.3 Å². The van der Waals surface area contributed by atoms with Crippen molar-refractivity contribution in [2.24, 2.45) is 23.7 Å². The Hall–Kier alpha value is -1.18. The van der Waals surface area contributed by atoms with Gasteiger partial charge in [-0.15, -0.1) is 0 Å². The standard InChI is InChI=1S/C20H28O7/c1-6-8(2)16(21)24-10-7-18(4,23)20-13(12-11(10)9(3)17(22)25-12)19(5)14(26-19)15(20)27-20/h8-15,23H,6-7H2,1-5H3. The summed E-state index contributed by atoms with van der Waals surface area (Å²) in [5.41, 5.74) is -2.45. The molecule has 2 aliphatic carbocycles. The zero-order valence-electron chi connectivity index (χ0n) is 16.4. The van der Waals surface area contributed by atoms with Crippen molar-refractivity contribution in [1.29, 1.82) is 0 Å². The number of hydrogen-bond donors (Lipinski definition) is 1. The van der Waals surface area contributed by atoms with Gasteiger partial charge in [-0.3, -0.25) is 9.59 Å². The molecule has 7 heteroatoms. The van der Waals surface area contributed by atoms with Gasteiger partial charge in [-0.25, -0.2) is 0 Å². The normalized spacial score (nSPS) is 58.1. The van der Waals surface area contributed by atoms with Crippen LogP contribution in [0.4, 0.5) is 0 Å². The molecule has 1 N–H and O–H groups in total. The van der Waals surface area contributed by atoms with Crippen molar-refractivity contribution in [1.82, 2.24) is 0 Å². The second kappa shape index (κ2) is 5.05. The van der Waals surface area contributed by atoms with E-state index in [0.29, 0.717) is 6.42 Å². The first-order valence-corrected chi connectivity index (χ1v) is 10.1. The molecule has 0 radical (unpaired) electrons. The monoisotopic (exact) mass is 380 g/mol. The third-order valence-electron chi connectivity index (χ3n) is 7.99. The molecule has 0 aromatic rings. The van der Waals surface area contributed by atoms with E-state index in [2.05, 4.69) is 0 Å². The van der Waals surface area contributed by atoms with E-state index in [0.717, 1.165) is 0 Å². The molecule has 3 saturated heterocycles. The van der Waals surface area contributed by atoms with E-state index in [1.807, 2.05) is 27.7 Å². The summed E-state index contributed by atoms with van der Waals surface area (Å²) in [5, 5.41) is 11.5. The average Bonchev–Trinajstić information content (AvgIpc) is 3.45. The molecule has 1 spiro atoms. The third kappa shape index (κ3) is 1.98. The Labute approximate surface area is 158 Å². The lowest BCUT2D eigenvalue weighted by molar-refractivity contribution is -0.161. The van der Waals surface area contributed by atoms with Crippen LogP contribution in [0.1, 0.15) is 47.5 Å². The molecule has 3 heterocycles. The lowest BCUT2D eigenvalue weighted by Gasteiger charge is -2.36. The molecule has 2 saturated carbocycles. The van der Waals surface area contributed by atoms with Crippen molar-refractivity contribution in [3.8, 4) is 0 Å². The van der Waals surface area contributed by atoms with Gasteiger partial charge in [0.25, 0.3) is 0 Å². The van der Waals surface area contributed by atoms with Crippen molar-refractivity contribution in [2.45, 2.75) is 88.7 Å². The van der Waals surface area contributed by atoms with E-state index < -0.39 is 34.9 Å². The van der Waals surface area contributed by atoms with Crippen LogP contribution in [-0.4, -0.2) is 58.3 Å². The smallest absolute Gasteiger partial charge is 0.309 e. The SMILES string of the molecule is CCC(C)C(=O)OC1CC(C)(O)C23OC2C2OC2(C)C3C2OC(=O)C(C)C12. The van der Waals surface area contributed by atoms with Gasteiger partial charge >= 0.3 is 11.9 Å². The number of esters is 2. The van der Waals surface area contributed by atoms with Crippen molar-refractivity contribution in [3.63, 3.8) is 0 Å². The molecule has 11 unspecified atom stereocenters. The average molecular weight is 380 g/mol. The quantitative estimate of drug-likeness (QED) is 0.580. The summed E-state index contributed by atoms with van der Waals surface area (Å²) in [4.78, 5) is 25.0. The van der Waals surface area contributed by atoms with Crippen LogP contribution >= 0.6 is 0 Å². The fraction of sp³-hybridized carbons (Fsp3) is 0.900. The second-order valence-corrected chi connectivity index (χ2v) is 9.56. The van der Waals surface area contributed by atoms with Crippen LogP contribution < -0.4 is 0 Å². The zero-order valence-corrected chi connectivity index (χ0v) is 16.4. The number of epoxide rings is 2. The van der Waals surface area contributed by atoms with E-state index >= 15 is 0 Å². The Morgan fingerprint density at radius 1 is 1.33 bits per heavy atom. The van der Waals surface area contributed by atoms with Crippen LogP contribution in [0.3, 0.4) is 0 Å². The summed E-state index contributed by atoms with van der Waals surface area (Å²) >= 11 is 0. The van der Waals surface area contributed by atoms with Gasteiger partial charge in [-0.1, -0.05) is 20.8 Å². The number of ether oxygens (including phenoxy) is 4. The van der Waals surface area contributed by atoms with Crippen molar-refractivity contribution < 1.29 is 33.6 Å². The molecule has 11 atom stereocenters. The van der Waals surface area contributed by atoms with Crippen LogP contribution in [0.5, 0.6) is 0 Å². The van der Waals surface area contributed by atoms with E-state index in [9.17, 15) is 14.7 Å². The number of aliphatic hydroxyl groups is 1. The Morgan fingerprint density at radius 3 is 2.70 bits per heavy atom. The van der Waals surface area contributed by atoms with Gasteiger partial charge in [0.05, 0.1) is 23.4 Å².